The second-order valence-electron chi connectivity index (χ2n) is 15.0. The number of hydrogen-bond donors (Lipinski definition) is 0. The Bertz CT molecular complexity index is 3260. The number of fused-ring (bicyclic) bond motifs is 7. The average Bonchev–Trinajstić information content (AvgIpc) is 3.80. The SMILES string of the molecule is CC1C/C=C(\c2ccc(-c3ccccc3)cc2)N=C(c2ccccc2)N=C1c1cc(-n2c3ccccc3c3cc4ccccc4cc32)cc2sc3ccccc3c12. The average molecular weight is 748 g/mol. The summed E-state index contributed by atoms with van der Waals surface area (Å²) in [5, 5.41) is 7.50. The number of allylic oxidation sites excluding steroid dienone is 1. The van der Waals surface area contributed by atoms with Gasteiger partial charge in [-0.3, -0.25) is 0 Å². The molecular formula is C53H37N3S. The Morgan fingerprint density at radius 1 is 0.509 bits per heavy atom. The molecule has 1 aliphatic heterocycles. The monoisotopic (exact) mass is 747 g/mol. The zero-order valence-electron chi connectivity index (χ0n) is 31.4. The van der Waals surface area contributed by atoms with Crippen LogP contribution in [-0.4, -0.2) is 16.1 Å². The van der Waals surface area contributed by atoms with E-state index in [2.05, 4.69) is 200 Å². The first-order chi connectivity index (χ1) is 28.2. The number of thiophene rings is 1. The van der Waals surface area contributed by atoms with E-state index in [1.807, 2.05) is 11.3 Å². The predicted octanol–water partition coefficient (Wildman–Crippen LogP) is 14.3. The molecule has 0 radical (unpaired) electrons. The van der Waals surface area contributed by atoms with E-state index in [0.717, 1.165) is 46.0 Å². The minimum absolute atomic E-state index is 0.108. The van der Waals surface area contributed by atoms with Crippen molar-refractivity contribution >= 4 is 81.3 Å². The van der Waals surface area contributed by atoms with Gasteiger partial charge in [0.05, 0.1) is 22.4 Å². The van der Waals surface area contributed by atoms with E-state index in [-0.39, 0.29) is 5.92 Å². The van der Waals surface area contributed by atoms with E-state index >= 15 is 0 Å². The summed E-state index contributed by atoms with van der Waals surface area (Å²) in [7, 11) is 0. The van der Waals surface area contributed by atoms with Gasteiger partial charge in [0, 0.05) is 53.7 Å². The molecule has 10 aromatic rings. The zero-order chi connectivity index (χ0) is 37.9. The van der Waals surface area contributed by atoms with E-state index in [9.17, 15) is 0 Å². The maximum atomic E-state index is 5.64. The molecule has 3 heterocycles. The standard InChI is InChI=1S/C53H37N3S/c1-34-24-29-46(37-27-25-36(26-28-37)35-14-4-2-5-15-35)54-53(38-16-6-3-7-17-38)55-52(34)45-32-41(33-50-51(45)43-21-11-13-23-49(43)57-50)56-47-22-12-10-20-42(47)44-30-39-18-8-9-19-40(39)31-48(44)56/h2-23,25-34H,24H2,1H3/b46-29+,54-53?,55-52?. The van der Waals surface area contributed by atoms with Gasteiger partial charge in [-0.05, 0) is 70.3 Å². The summed E-state index contributed by atoms with van der Waals surface area (Å²) in [5.74, 6) is 0.828. The van der Waals surface area contributed by atoms with E-state index < -0.39 is 0 Å². The van der Waals surface area contributed by atoms with Crippen LogP contribution in [0.25, 0.3) is 75.3 Å². The highest BCUT2D eigenvalue weighted by Gasteiger charge is 2.24. The first kappa shape index (κ1) is 33.5. The summed E-state index contributed by atoms with van der Waals surface area (Å²) in [5.41, 5.74) is 11.2. The maximum Gasteiger partial charge on any atom is 0.160 e. The van der Waals surface area contributed by atoms with Crippen LogP contribution in [0, 0.1) is 5.92 Å². The van der Waals surface area contributed by atoms with Crippen molar-refractivity contribution in [2.75, 3.05) is 0 Å². The fraction of sp³-hybridized carbons (Fsp3) is 0.0566. The number of rotatable bonds is 5. The fourth-order valence-corrected chi connectivity index (χ4v) is 9.77. The third kappa shape index (κ3) is 5.80. The van der Waals surface area contributed by atoms with E-state index in [0.29, 0.717) is 0 Å². The van der Waals surface area contributed by atoms with Crippen LogP contribution in [0.5, 0.6) is 0 Å². The largest absolute Gasteiger partial charge is 0.309 e. The number of nitrogens with zero attached hydrogens (tertiary/aromatic N) is 3. The number of aromatic nitrogens is 1. The summed E-state index contributed by atoms with van der Waals surface area (Å²) >= 11 is 1.86. The van der Waals surface area contributed by atoms with Gasteiger partial charge in [0.25, 0.3) is 0 Å². The Morgan fingerprint density at radius 3 is 1.93 bits per heavy atom. The molecule has 270 valence electrons. The van der Waals surface area contributed by atoms with Crippen molar-refractivity contribution in [3.63, 3.8) is 0 Å². The number of aliphatic imine (C=N–C) groups is 2. The van der Waals surface area contributed by atoms with Crippen molar-refractivity contribution < 1.29 is 0 Å². The third-order valence-corrected chi connectivity index (χ3v) is 12.6. The molecule has 3 nitrogen and oxygen atoms in total. The molecule has 1 unspecified atom stereocenters. The highest BCUT2D eigenvalue weighted by molar-refractivity contribution is 7.25. The Hall–Kier alpha value is -6.88. The van der Waals surface area contributed by atoms with E-state index in [1.165, 1.54) is 63.9 Å². The molecule has 2 aromatic heterocycles. The van der Waals surface area contributed by atoms with Gasteiger partial charge < -0.3 is 4.57 Å². The van der Waals surface area contributed by atoms with Gasteiger partial charge in [-0.1, -0.05) is 159 Å². The Labute approximate surface area is 335 Å². The van der Waals surface area contributed by atoms with Gasteiger partial charge in [-0.2, -0.15) is 0 Å². The van der Waals surface area contributed by atoms with Crippen molar-refractivity contribution in [3.8, 4) is 16.8 Å². The molecule has 0 saturated heterocycles. The lowest BCUT2D eigenvalue weighted by molar-refractivity contribution is 0.791. The molecule has 0 aliphatic carbocycles. The highest BCUT2D eigenvalue weighted by atomic mass is 32.1. The van der Waals surface area contributed by atoms with Crippen LogP contribution in [0.15, 0.2) is 198 Å². The molecule has 0 spiro atoms. The Morgan fingerprint density at radius 2 is 1.14 bits per heavy atom. The van der Waals surface area contributed by atoms with Gasteiger partial charge in [-0.25, -0.2) is 9.98 Å². The molecule has 0 saturated carbocycles. The Kier molecular flexibility index (Phi) is 8.04. The van der Waals surface area contributed by atoms with Gasteiger partial charge in [0.1, 0.15) is 0 Å². The van der Waals surface area contributed by atoms with Crippen LogP contribution in [0.3, 0.4) is 0 Å². The number of hydrogen-bond acceptors (Lipinski definition) is 3. The quantitative estimate of drug-likeness (QED) is 0.168. The highest BCUT2D eigenvalue weighted by Crippen LogP contribution is 2.42. The molecule has 1 atom stereocenters. The lowest BCUT2D eigenvalue weighted by Gasteiger charge is -2.20. The minimum atomic E-state index is 0.108. The molecule has 1 aliphatic rings. The molecule has 0 fully saturated rings. The summed E-state index contributed by atoms with van der Waals surface area (Å²) in [6.45, 7) is 2.32. The van der Waals surface area contributed by atoms with Crippen LogP contribution >= 0.6 is 11.3 Å². The fourth-order valence-electron chi connectivity index (χ4n) is 8.60. The number of benzene rings is 8. The summed E-state index contributed by atoms with van der Waals surface area (Å²) in [6.07, 6.45) is 3.11. The minimum Gasteiger partial charge on any atom is -0.309 e. The topological polar surface area (TPSA) is 29.6 Å². The van der Waals surface area contributed by atoms with Gasteiger partial charge >= 0.3 is 0 Å². The lowest BCUT2D eigenvalue weighted by atomic mass is 9.90. The molecule has 0 amide bonds. The molecule has 0 bridgehead atoms. The van der Waals surface area contributed by atoms with Crippen molar-refractivity contribution in [1.29, 1.82) is 0 Å². The zero-order valence-corrected chi connectivity index (χ0v) is 32.2. The smallest absolute Gasteiger partial charge is 0.160 e. The third-order valence-electron chi connectivity index (χ3n) is 11.4. The Balaban J connectivity index is 1.14. The molecular weight excluding hydrogens is 711 g/mol. The van der Waals surface area contributed by atoms with Crippen molar-refractivity contribution in [2.24, 2.45) is 15.9 Å². The molecule has 57 heavy (non-hydrogen) atoms. The lowest BCUT2D eigenvalue weighted by Crippen LogP contribution is -2.18. The van der Waals surface area contributed by atoms with Gasteiger partial charge in [-0.15, -0.1) is 11.3 Å². The van der Waals surface area contributed by atoms with Gasteiger partial charge in [0.2, 0.25) is 0 Å². The maximum absolute atomic E-state index is 5.64. The second-order valence-corrected chi connectivity index (χ2v) is 16.1. The summed E-state index contributed by atoms with van der Waals surface area (Å²) < 4.78 is 4.98. The summed E-state index contributed by atoms with van der Waals surface area (Å²) in [6, 6.07) is 65.5. The predicted molar refractivity (Wildman–Crippen MR) is 244 cm³/mol. The van der Waals surface area contributed by atoms with Crippen LogP contribution in [-0.2, 0) is 0 Å². The van der Waals surface area contributed by atoms with Crippen molar-refractivity contribution in [2.45, 2.75) is 13.3 Å². The van der Waals surface area contributed by atoms with E-state index in [1.54, 1.807) is 0 Å². The first-order valence-electron chi connectivity index (χ1n) is 19.6. The number of amidine groups is 1. The van der Waals surface area contributed by atoms with E-state index in [4.69, 9.17) is 9.98 Å². The first-order valence-corrected chi connectivity index (χ1v) is 20.4. The van der Waals surface area contributed by atoms with Crippen molar-refractivity contribution in [3.05, 3.63) is 205 Å². The molecule has 4 heteroatoms. The van der Waals surface area contributed by atoms with Crippen LogP contribution in [0.1, 0.15) is 30.0 Å². The normalized spacial score (nSPS) is 15.7. The van der Waals surface area contributed by atoms with Crippen molar-refractivity contribution in [1.82, 2.24) is 4.57 Å². The van der Waals surface area contributed by atoms with Crippen LogP contribution in [0.4, 0.5) is 0 Å². The molecule has 0 N–H and O–H groups in total. The molecule has 8 aromatic carbocycles. The van der Waals surface area contributed by atoms with Gasteiger partial charge in [0.15, 0.2) is 5.84 Å². The molecule has 11 rings (SSSR count). The number of para-hydroxylation sites is 1. The van der Waals surface area contributed by atoms with Crippen LogP contribution < -0.4 is 0 Å². The second kappa shape index (κ2) is 13.7. The van der Waals surface area contributed by atoms with Crippen LogP contribution in [0.2, 0.25) is 0 Å². The summed E-state index contributed by atoms with van der Waals surface area (Å²) in [4.78, 5) is 11.0.